The summed E-state index contributed by atoms with van der Waals surface area (Å²) in [5.74, 6) is -11.0. The van der Waals surface area contributed by atoms with Crippen LogP contribution in [-0.2, 0) is 76.4 Å². The first kappa shape index (κ1) is 75.7. The van der Waals surface area contributed by atoms with Crippen LogP contribution in [0.15, 0.2) is 18.2 Å². The minimum atomic E-state index is -2.30. The van der Waals surface area contributed by atoms with E-state index in [1.54, 1.807) is 0 Å². The predicted molar refractivity (Wildman–Crippen MR) is 299 cm³/mol. The Morgan fingerprint density at radius 2 is 0.912 bits per heavy atom. The van der Waals surface area contributed by atoms with Gasteiger partial charge in [-0.1, -0.05) is 0 Å². The number of aliphatic hydroxyl groups is 9. The zero-order valence-corrected chi connectivity index (χ0v) is 49.3. The van der Waals surface area contributed by atoms with Gasteiger partial charge < -0.3 is 133 Å². The third kappa shape index (κ3) is 22.0. The van der Waals surface area contributed by atoms with Crippen molar-refractivity contribution in [2.24, 2.45) is 5.73 Å². The molecule has 3 aliphatic heterocycles. The number of amides is 10. The summed E-state index contributed by atoms with van der Waals surface area (Å²) in [6.07, 6.45) is -22.2. The lowest BCUT2D eigenvalue weighted by Crippen LogP contribution is -2.66. The van der Waals surface area contributed by atoms with E-state index in [0.29, 0.717) is 6.07 Å². The van der Waals surface area contributed by atoms with Gasteiger partial charge in [-0.05, 0) is 6.07 Å². The Balaban J connectivity index is 1.79. The number of nitro benzene ring substituents is 2. The number of thiol groups is 1. The molecule has 0 saturated carbocycles. The van der Waals surface area contributed by atoms with E-state index in [-0.39, 0.29) is 5.75 Å². The molecule has 0 aliphatic carbocycles. The summed E-state index contributed by atoms with van der Waals surface area (Å²) in [5.41, 5.74) is 2.65. The number of non-ortho nitro benzene ring substituents is 1. The molecule has 0 unspecified atom stereocenters. The van der Waals surface area contributed by atoms with Crippen LogP contribution in [0.3, 0.4) is 0 Å². The lowest BCUT2D eigenvalue weighted by Gasteiger charge is -2.42. The van der Waals surface area contributed by atoms with Gasteiger partial charge >= 0.3 is 0 Å². The molecule has 1 aromatic rings. The van der Waals surface area contributed by atoms with Crippen molar-refractivity contribution >= 4 is 88.8 Å². The Kier molecular flexibility index (Phi) is 29.8. The topological polar surface area (TPSA) is 641 Å². The fourth-order valence-electron chi connectivity index (χ4n) is 8.82. The van der Waals surface area contributed by atoms with Crippen LogP contribution < -0.4 is 58.9 Å². The van der Waals surface area contributed by atoms with Crippen molar-refractivity contribution in [3.8, 4) is 0 Å². The lowest BCUT2D eigenvalue weighted by molar-refractivity contribution is -0.393. The number of primary amides is 1. The molecule has 10 amide bonds. The van der Waals surface area contributed by atoms with Crippen molar-refractivity contribution in [3.05, 3.63) is 38.4 Å². The van der Waals surface area contributed by atoms with Crippen LogP contribution in [0.2, 0.25) is 0 Å². The van der Waals surface area contributed by atoms with Gasteiger partial charge in [-0.3, -0.25) is 68.2 Å². The molecule has 0 radical (unpaired) electrons. The summed E-state index contributed by atoms with van der Waals surface area (Å²) in [4.78, 5) is 152. The smallest absolute Gasteiger partial charge is 0.299 e. The first-order valence-electron chi connectivity index (χ1n) is 27.2. The van der Waals surface area contributed by atoms with Crippen LogP contribution >= 0.6 is 12.6 Å². The highest BCUT2D eigenvalue weighted by atomic mass is 32.1. The van der Waals surface area contributed by atoms with Crippen LogP contribution in [-0.4, -0.2) is 296 Å². The van der Waals surface area contributed by atoms with Crippen LogP contribution in [0.5, 0.6) is 0 Å². The molecular formula is C48H73N13O29S. The molecule has 42 nitrogen and oxygen atoms in total. The zero-order chi connectivity index (χ0) is 68.1. The third-order valence-corrected chi connectivity index (χ3v) is 13.9. The van der Waals surface area contributed by atoms with E-state index >= 15 is 0 Å². The molecule has 3 aliphatic rings. The van der Waals surface area contributed by atoms with Crippen molar-refractivity contribution in [1.82, 2.24) is 47.9 Å². The second-order valence-corrected chi connectivity index (χ2v) is 20.7. The standard InChI is InChI=1S/C48H73N13O29S/c1-17(65)53-33-39(74)36(71)27(10-62)88-46(33)85-13-22(43(78)52-8-31(69)50-7-30(68)51-9-32(70)57-25(16-91)42(49)77)58-45(80)24(15-87-48-35(55-19(3)67)41(76)38(73)29(12-64)90-48)59-44(79)23(56-21-5-4-20(60(81)82)6-26(21)61(83)84)14-86-47-34(54-18(2)66)40(75)37(72)28(11-63)89-47/h4-6,22-25,27-29,33-41,46-48,56,62-64,71-76,91H,7-16H2,1-3H3,(H2,49,77)(H,50,69)(H,51,68)(H,52,78)(H,53,65)(H,54,66)(H,55,67)(H,57,70)(H,58,80)(H,59,79)/t22-,23-,24-,25-,27+,28+,29+,33+,34+,35+,36-,37-,38-,39+,40+,41+,46-,47-,48-/m0/s1. The molecule has 0 aromatic heterocycles. The number of rotatable bonds is 33. The molecule has 0 spiro atoms. The van der Waals surface area contributed by atoms with Gasteiger partial charge in [-0.25, -0.2) is 0 Å². The summed E-state index contributed by atoms with van der Waals surface area (Å²) < 4.78 is 34.1. The number of nitrogens with one attached hydrogen (secondary N) is 10. The largest absolute Gasteiger partial charge is 0.394 e. The number of nitro groups is 2. The maximum atomic E-state index is 14.9. The SMILES string of the molecule is CC(=O)N[C@H]1[C@@H](OC[C@H](NC(=O)[C@H](CO[C@H]2O[C@H](CO)[C@H](O)[C@H](O)[C@H]2NC(C)=O)NC(=O)[C@H](CO[C@H]2O[C@H](CO)[C@H](O)[C@H](O)[C@H]2NC(C)=O)Nc2ccc([N+](=O)[O-])cc2[N+](=O)[O-])C(=O)NCC(=O)NCC(=O)NCC(=O)N[C@@H](CS)C(N)=O)O[C@H](CO)[C@H](O)[C@@H]1O. The van der Waals surface area contributed by atoms with Gasteiger partial charge in [-0.2, -0.15) is 12.6 Å². The quantitative estimate of drug-likeness (QED) is 0.0176. The van der Waals surface area contributed by atoms with E-state index in [0.717, 1.165) is 32.9 Å². The normalized spacial score (nSPS) is 27.5. The Bertz CT molecular complexity index is 2760. The van der Waals surface area contributed by atoms with E-state index in [9.17, 15) is 114 Å². The zero-order valence-electron chi connectivity index (χ0n) is 48.4. The van der Waals surface area contributed by atoms with Crippen molar-refractivity contribution in [3.63, 3.8) is 0 Å². The summed E-state index contributed by atoms with van der Waals surface area (Å²) in [6.45, 7) is -6.11. The minimum absolute atomic E-state index is 0.182. The molecule has 0 bridgehead atoms. The first-order chi connectivity index (χ1) is 42.8. The molecule has 3 fully saturated rings. The average Bonchev–Trinajstić information content (AvgIpc) is 0.882. The molecule has 3 saturated heterocycles. The van der Waals surface area contributed by atoms with Gasteiger partial charge in [-0.15, -0.1) is 0 Å². The van der Waals surface area contributed by atoms with Gasteiger partial charge in [0.2, 0.25) is 59.1 Å². The molecule has 4 rings (SSSR count). The highest BCUT2D eigenvalue weighted by Crippen LogP contribution is 2.31. The van der Waals surface area contributed by atoms with Crippen molar-refractivity contribution in [2.45, 2.75) is 137 Å². The van der Waals surface area contributed by atoms with E-state index in [4.69, 9.17) is 34.2 Å². The van der Waals surface area contributed by atoms with Gasteiger partial charge in [0.05, 0.1) is 75.2 Å². The summed E-state index contributed by atoms with van der Waals surface area (Å²) in [6, 6.07) is -10.9. The molecular weight excluding hydrogens is 1250 g/mol. The van der Waals surface area contributed by atoms with Crippen molar-refractivity contribution in [2.75, 3.05) is 70.3 Å². The average molecular weight is 1330 g/mol. The van der Waals surface area contributed by atoms with Crippen LogP contribution in [0.25, 0.3) is 0 Å². The molecule has 19 atom stereocenters. The first-order valence-corrected chi connectivity index (χ1v) is 27.8. The number of carbonyl (C=O) groups excluding carboxylic acids is 10. The summed E-state index contributed by atoms with van der Waals surface area (Å²) >= 11 is 3.89. The lowest BCUT2D eigenvalue weighted by atomic mass is 9.97. The fourth-order valence-corrected chi connectivity index (χ4v) is 9.10. The highest BCUT2D eigenvalue weighted by Gasteiger charge is 2.49. The maximum Gasteiger partial charge on any atom is 0.299 e. The second kappa shape index (κ2) is 35.8. The van der Waals surface area contributed by atoms with Gasteiger partial charge in [0.1, 0.15) is 103 Å². The molecule has 21 N–H and O–H groups in total. The predicted octanol–water partition coefficient (Wildman–Crippen LogP) is -12.6. The second-order valence-electron chi connectivity index (χ2n) is 20.3. The fraction of sp³-hybridized carbons (Fsp3) is 0.667. The monoisotopic (exact) mass is 1330 g/mol. The number of carbonyl (C=O) groups is 10. The van der Waals surface area contributed by atoms with Gasteiger partial charge in [0.25, 0.3) is 11.4 Å². The Labute approximate surface area is 518 Å². The van der Waals surface area contributed by atoms with Gasteiger partial charge in [0.15, 0.2) is 18.9 Å². The Morgan fingerprint density at radius 3 is 1.27 bits per heavy atom. The summed E-state index contributed by atoms with van der Waals surface area (Å²) in [5, 5.41) is 141. The highest BCUT2D eigenvalue weighted by molar-refractivity contribution is 7.80. The van der Waals surface area contributed by atoms with Crippen molar-refractivity contribution in [1.29, 1.82) is 0 Å². The number of nitrogens with zero attached hydrogens (tertiary/aromatic N) is 2. The molecule has 43 heteroatoms. The molecule has 1 aromatic carbocycles. The number of nitrogens with two attached hydrogens (primary N) is 1. The molecule has 91 heavy (non-hydrogen) atoms. The van der Waals surface area contributed by atoms with E-state index in [2.05, 4.69) is 65.8 Å². The molecule has 3 heterocycles. The van der Waals surface area contributed by atoms with Crippen molar-refractivity contribution < 1.29 is 132 Å². The van der Waals surface area contributed by atoms with Gasteiger partial charge in [0, 0.05) is 32.6 Å². The number of benzene rings is 1. The van der Waals surface area contributed by atoms with Crippen LogP contribution in [0.4, 0.5) is 17.1 Å². The number of ether oxygens (including phenoxy) is 6. The summed E-state index contributed by atoms with van der Waals surface area (Å²) in [7, 11) is 0. The maximum absolute atomic E-state index is 14.9. The number of anilines is 1. The Morgan fingerprint density at radius 1 is 0.538 bits per heavy atom. The number of hydrogen-bond acceptors (Lipinski definition) is 31. The van der Waals surface area contributed by atoms with E-state index in [1.165, 1.54) is 0 Å². The van der Waals surface area contributed by atoms with E-state index < -0.39 is 261 Å². The number of hydrogen-bond donors (Lipinski definition) is 21. The Hall–Kier alpha value is -7.73. The van der Waals surface area contributed by atoms with E-state index in [1.807, 2.05) is 0 Å². The van der Waals surface area contributed by atoms with Crippen LogP contribution in [0.1, 0.15) is 20.8 Å². The third-order valence-electron chi connectivity index (χ3n) is 13.5. The number of aliphatic hydroxyl groups excluding tert-OH is 9. The minimum Gasteiger partial charge on any atom is -0.394 e. The van der Waals surface area contributed by atoms with Crippen LogP contribution in [0, 0.1) is 20.2 Å². The molecule has 510 valence electrons.